The summed E-state index contributed by atoms with van der Waals surface area (Å²) < 4.78 is 6.78. The Morgan fingerprint density at radius 3 is 2.59 bits per heavy atom. The molecule has 10 nitrogen and oxygen atoms in total. The third kappa shape index (κ3) is 6.39. The maximum absolute atomic E-state index is 10.8. The van der Waals surface area contributed by atoms with E-state index in [9.17, 15) is 15.3 Å². The van der Waals surface area contributed by atoms with Gasteiger partial charge in [0.25, 0.3) is 0 Å². The van der Waals surface area contributed by atoms with Crippen LogP contribution in [-0.4, -0.2) is 60.2 Å². The van der Waals surface area contributed by atoms with Gasteiger partial charge in [-0.3, -0.25) is 0 Å². The molecule has 3 aromatic heterocycles. The molecule has 1 aliphatic rings. The number of para-hydroxylation sites is 1. The number of nitrogens with zero attached hydrogens (tertiary/aromatic N) is 3. The fourth-order valence-electron chi connectivity index (χ4n) is 4.72. The van der Waals surface area contributed by atoms with Gasteiger partial charge in [0.1, 0.15) is 16.9 Å². The highest BCUT2D eigenvalue weighted by atomic mass is 35.5. The standard InChI is InChI=1S/C27H32N6O4S.ClH/c1-14(2)37-21-11-15(9-10-28-21)30-26-29-13-16(25-32-18-7-5-6-8-20(18)38-25)24(33-26)31-19-12-17(27(3,4)36)22(34)23(19)35;/h5-11,13-14,17,19,22-23,34-36H,12H2,1-4H3,(H2,28,29,30,31,33);1H/t17-,19+,22+,23-;/m0./s1. The number of aromatic nitrogens is 4. The van der Waals surface area contributed by atoms with Crippen LogP contribution in [-0.2, 0) is 0 Å². The minimum Gasteiger partial charge on any atom is -1.00 e. The van der Waals surface area contributed by atoms with E-state index in [4.69, 9.17) is 14.7 Å². The van der Waals surface area contributed by atoms with Crippen LogP contribution in [0.15, 0.2) is 48.8 Å². The van der Waals surface area contributed by atoms with Gasteiger partial charge >= 0.3 is 5.88 Å². The molecule has 12 heteroatoms. The summed E-state index contributed by atoms with van der Waals surface area (Å²) >= 11 is 1.52. The number of anilines is 3. The van der Waals surface area contributed by atoms with Gasteiger partial charge in [0.2, 0.25) is 5.95 Å². The summed E-state index contributed by atoms with van der Waals surface area (Å²) in [5, 5.41) is 39.3. The van der Waals surface area contributed by atoms with Crippen molar-refractivity contribution in [2.24, 2.45) is 5.92 Å². The van der Waals surface area contributed by atoms with E-state index >= 15 is 0 Å². The van der Waals surface area contributed by atoms with Gasteiger partial charge in [-0.25, -0.2) is 9.97 Å². The van der Waals surface area contributed by atoms with E-state index in [1.165, 1.54) is 11.3 Å². The fourth-order valence-corrected chi connectivity index (χ4v) is 5.70. The molecule has 0 amide bonds. The van der Waals surface area contributed by atoms with Gasteiger partial charge < -0.3 is 43.1 Å². The molecule has 0 unspecified atom stereocenters. The number of pyridine rings is 1. The van der Waals surface area contributed by atoms with Crippen LogP contribution in [0.3, 0.4) is 0 Å². The lowest BCUT2D eigenvalue weighted by atomic mass is 9.88. The van der Waals surface area contributed by atoms with Crippen LogP contribution in [0.1, 0.15) is 34.1 Å². The summed E-state index contributed by atoms with van der Waals surface area (Å²) in [4.78, 5) is 17.1. The molecule has 0 bridgehead atoms. The number of hydrogen-bond acceptors (Lipinski definition) is 10. The van der Waals surface area contributed by atoms with Crippen molar-refractivity contribution in [2.75, 3.05) is 10.6 Å². The van der Waals surface area contributed by atoms with Crippen LogP contribution in [0, 0.1) is 5.92 Å². The summed E-state index contributed by atoms with van der Waals surface area (Å²) in [5.41, 5.74) is 1.13. The summed E-state index contributed by atoms with van der Waals surface area (Å²) in [5.74, 6) is 0.914. The fraction of sp³-hybridized carbons (Fsp3) is 0.407. The zero-order valence-corrected chi connectivity index (χ0v) is 23.7. The predicted molar refractivity (Wildman–Crippen MR) is 147 cm³/mol. The van der Waals surface area contributed by atoms with Crippen LogP contribution < -0.4 is 32.8 Å². The number of thiazole rings is 1. The summed E-state index contributed by atoms with van der Waals surface area (Å²) in [6.45, 7) is 7.19. The van der Waals surface area contributed by atoms with E-state index in [1.54, 1.807) is 26.2 Å². The Morgan fingerprint density at radius 1 is 1.13 bits per heavy atom. The number of benzene rings is 1. The average Bonchev–Trinajstić information content (AvgIpc) is 3.40. The number of aliphatic hydroxyl groups is 3. The molecule has 1 aromatic carbocycles. The van der Waals surface area contributed by atoms with Crippen LogP contribution in [0.4, 0.5) is 17.5 Å². The number of hydrogen-bond donors (Lipinski definition) is 5. The van der Waals surface area contributed by atoms with Gasteiger partial charge in [-0.05, 0) is 46.2 Å². The van der Waals surface area contributed by atoms with Crippen molar-refractivity contribution in [1.29, 1.82) is 0 Å². The average molecular weight is 573 g/mol. The van der Waals surface area contributed by atoms with E-state index in [2.05, 4.69) is 20.6 Å². The van der Waals surface area contributed by atoms with Gasteiger partial charge in [-0.15, -0.1) is 11.3 Å². The van der Waals surface area contributed by atoms with Crippen molar-refractivity contribution >= 4 is 39.0 Å². The van der Waals surface area contributed by atoms with Gasteiger partial charge in [-0.2, -0.15) is 9.97 Å². The second-order valence-corrected chi connectivity index (χ2v) is 11.4. The van der Waals surface area contributed by atoms with E-state index in [0.29, 0.717) is 29.6 Å². The van der Waals surface area contributed by atoms with E-state index in [0.717, 1.165) is 20.9 Å². The third-order valence-corrected chi connectivity index (χ3v) is 7.69. The highest BCUT2D eigenvalue weighted by Gasteiger charge is 2.47. The number of halogens is 1. The molecule has 39 heavy (non-hydrogen) atoms. The number of aliphatic hydroxyl groups excluding tert-OH is 2. The molecular weight excluding hydrogens is 540 g/mol. The topological polar surface area (TPSA) is 147 Å². The molecule has 6 N–H and O–H groups in total. The minimum absolute atomic E-state index is 0. The number of H-pyrrole nitrogens is 1. The van der Waals surface area contributed by atoms with Gasteiger partial charge in [0, 0.05) is 18.2 Å². The van der Waals surface area contributed by atoms with Crippen molar-refractivity contribution in [3.63, 3.8) is 0 Å². The quantitative estimate of drug-likeness (QED) is 0.202. The molecule has 1 saturated carbocycles. The maximum atomic E-state index is 10.8. The molecule has 4 atom stereocenters. The normalized spacial score (nSPS) is 21.1. The summed E-state index contributed by atoms with van der Waals surface area (Å²) in [7, 11) is 0. The SMILES string of the molecule is CC(C)Oc1cc(Nc2ncc(-c3nc4ccccc4s3)c(N[C@@H]3C[C@H](C(C)(C)O)[C@@H](O)[C@H]3O)n2)cc[nH+]1.[Cl-]. The van der Waals surface area contributed by atoms with Gasteiger partial charge in [0.05, 0.1) is 51.4 Å². The third-order valence-electron chi connectivity index (χ3n) is 6.62. The molecule has 1 aliphatic carbocycles. The molecule has 1 fully saturated rings. The molecule has 5 rings (SSSR count). The van der Waals surface area contributed by atoms with Crippen molar-refractivity contribution in [2.45, 2.75) is 64.1 Å². The second-order valence-electron chi connectivity index (χ2n) is 10.4. The minimum atomic E-state index is -1.15. The van der Waals surface area contributed by atoms with E-state index in [1.807, 2.05) is 50.2 Å². The predicted octanol–water partition coefficient (Wildman–Crippen LogP) is 0.395. The first-order valence-corrected chi connectivity index (χ1v) is 13.4. The van der Waals surface area contributed by atoms with Crippen LogP contribution in [0.2, 0.25) is 0 Å². The molecule has 3 heterocycles. The van der Waals surface area contributed by atoms with Crippen LogP contribution in [0.25, 0.3) is 20.8 Å². The second kappa shape index (κ2) is 11.6. The highest BCUT2D eigenvalue weighted by Crippen LogP contribution is 2.39. The van der Waals surface area contributed by atoms with E-state index < -0.39 is 29.8 Å². The van der Waals surface area contributed by atoms with Gasteiger partial charge in [0.15, 0.2) is 6.20 Å². The molecule has 0 radical (unpaired) electrons. The first kappa shape index (κ1) is 28.9. The summed E-state index contributed by atoms with van der Waals surface area (Å²) in [6, 6.07) is 11.0. The lowest BCUT2D eigenvalue weighted by Crippen LogP contribution is -3.00. The Morgan fingerprint density at radius 2 is 1.90 bits per heavy atom. The number of fused-ring (bicyclic) bond motifs is 1. The van der Waals surface area contributed by atoms with Crippen molar-refractivity contribution in [3.8, 4) is 16.5 Å². The molecule has 0 saturated heterocycles. The Labute approximate surface area is 237 Å². The number of nitrogens with one attached hydrogen (secondary N) is 3. The summed E-state index contributed by atoms with van der Waals surface area (Å²) in [6.07, 6.45) is 1.69. The lowest BCUT2D eigenvalue weighted by Gasteiger charge is -2.28. The zero-order chi connectivity index (χ0) is 27.0. The first-order chi connectivity index (χ1) is 18.1. The van der Waals surface area contributed by atoms with Crippen molar-refractivity contribution < 1.29 is 37.4 Å². The molecule has 208 valence electrons. The molecule has 0 aliphatic heterocycles. The van der Waals surface area contributed by atoms with E-state index in [-0.39, 0.29) is 18.5 Å². The smallest absolute Gasteiger partial charge is 0.368 e. The van der Waals surface area contributed by atoms with Crippen molar-refractivity contribution in [3.05, 3.63) is 48.8 Å². The molecule has 4 aromatic rings. The number of aromatic amines is 1. The first-order valence-electron chi connectivity index (χ1n) is 12.6. The molecule has 0 spiro atoms. The highest BCUT2D eigenvalue weighted by molar-refractivity contribution is 7.21. The van der Waals surface area contributed by atoms with Crippen LogP contribution in [0.5, 0.6) is 5.88 Å². The van der Waals surface area contributed by atoms with Crippen LogP contribution >= 0.6 is 11.3 Å². The Bertz CT molecular complexity index is 1400. The van der Waals surface area contributed by atoms with Crippen molar-refractivity contribution in [1.82, 2.24) is 15.0 Å². The van der Waals surface area contributed by atoms with Gasteiger partial charge in [-0.1, -0.05) is 12.1 Å². The largest absolute Gasteiger partial charge is 1.00 e. The zero-order valence-electron chi connectivity index (χ0n) is 22.1. The molecular formula is C27H33ClN6O4S. The number of ether oxygens (including phenoxy) is 1. The lowest BCUT2D eigenvalue weighted by molar-refractivity contribution is -0.396. The number of rotatable bonds is 8. The Balaban J connectivity index is 0.00000353. The Kier molecular flexibility index (Phi) is 8.57. The maximum Gasteiger partial charge on any atom is 0.368 e. The Hall–Kier alpha value is -3.09. The monoisotopic (exact) mass is 572 g/mol.